The van der Waals surface area contributed by atoms with Crippen LogP contribution in [0.2, 0.25) is 0 Å². The van der Waals surface area contributed by atoms with Crippen LogP contribution < -0.4 is 9.47 Å². The monoisotopic (exact) mass is 270 g/mol. The Labute approximate surface area is 119 Å². The molecule has 0 aromatic heterocycles. The van der Waals surface area contributed by atoms with E-state index in [1.165, 1.54) is 11.1 Å². The maximum atomic E-state index is 11.1. The highest BCUT2D eigenvalue weighted by atomic mass is 16.5. The first-order valence-electron chi connectivity index (χ1n) is 6.47. The van der Waals surface area contributed by atoms with Gasteiger partial charge in [-0.3, -0.25) is 4.79 Å². The van der Waals surface area contributed by atoms with Gasteiger partial charge >= 0.3 is 0 Å². The molecule has 0 aliphatic heterocycles. The van der Waals surface area contributed by atoms with Crippen LogP contribution in [0.5, 0.6) is 11.5 Å². The van der Waals surface area contributed by atoms with Crippen molar-refractivity contribution < 1.29 is 14.3 Å². The first kappa shape index (κ1) is 14.1. The third-order valence-electron chi connectivity index (χ3n) is 3.36. The highest BCUT2D eigenvalue weighted by molar-refractivity contribution is 5.79. The van der Waals surface area contributed by atoms with Gasteiger partial charge in [0.1, 0.15) is 18.1 Å². The zero-order chi connectivity index (χ0) is 14.5. The van der Waals surface area contributed by atoms with Crippen LogP contribution >= 0.6 is 0 Å². The predicted octanol–water partition coefficient (Wildman–Crippen LogP) is 3.70. The van der Waals surface area contributed by atoms with Crippen molar-refractivity contribution in [2.45, 2.75) is 20.5 Å². The first-order valence-corrected chi connectivity index (χ1v) is 6.47. The molecule has 0 saturated carbocycles. The third kappa shape index (κ3) is 2.99. The van der Waals surface area contributed by atoms with E-state index in [0.717, 1.165) is 11.8 Å². The zero-order valence-corrected chi connectivity index (χ0v) is 12.0. The standard InChI is InChI=1S/C17H18O3/c1-12-5-4-6-13(2)16(12)11-20-17-9-15(19-3)8-7-14(17)10-18/h4-10H,11H2,1-3H3. The second-order valence-electron chi connectivity index (χ2n) is 4.68. The van der Waals surface area contributed by atoms with Gasteiger partial charge in [0.2, 0.25) is 0 Å². The second kappa shape index (κ2) is 6.24. The van der Waals surface area contributed by atoms with Gasteiger partial charge < -0.3 is 9.47 Å². The van der Waals surface area contributed by atoms with Crippen LogP contribution in [0.4, 0.5) is 0 Å². The number of ether oxygens (including phenoxy) is 2. The van der Waals surface area contributed by atoms with E-state index in [1.807, 2.05) is 6.07 Å². The molecular weight excluding hydrogens is 252 g/mol. The molecule has 0 fully saturated rings. The highest BCUT2D eigenvalue weighted by Crippen LogP contribution is 2.25. The topological polar surface area (TPSA) is 35.5 Å². The summed E-state index contributed by atoms with van der Waals surface area (Å²) in [6.07, 6.45) is 0.791. The van der Waals surface area contributed by atoms with E-state index in [9.17, 15) is 4.79 Å². The number of carbonyl (C=O) groups is 1. The molecule has 0 aliphatic carbocycles. The fourth-order valence-corrected chi connectivity index (χ4v) is 2.09. The number of hydrogen-bond acceptors (Lipinski definition) is 3. The predicted molar refractivity (Wildman–Crippen MR) is 78.6 cm³/mol. The van der Waals surface area contributed by atoms with Gasteiger partial charge in [0.05, 0.1) is 12.7 Å². The molecule has 0 heterocycles. The molecule has 0 N–H and O–H groups in total. The summed E-state index contributed by atoms with van der Waals surface area (Å²) in [6.45, 7) is 4.54. The molecule has 2 rings (SSSR count). The van der Waals surface area contributed by atoms with E-state index in [0.29, 0.717) is 23.7 Å². The molecule has 20 heavy (non-hydrogen) atoms. The van der Waals surface area contributed by atoms with Crippen molar-refractivity contribution in [1.82, 2.24) is 0 Å². The average Bonchev–Trinajstić information content (AvgIpc) is 2.46. The molecule has 0 amide bonds. The Bertz CT molecular complexity index is 597. The van der Waals surface area contributed by atoms with Crippen LogP contribution in [-0.4, -0.2) is 13.4 Å². The summed E-state index contributed by atoms with van der Waals surface area (Å²) in [5.41, 5.74) is 4.03. The number of aldehydes is 1. The molecular formula is C17H18O3. The zero-order valence-electron chi connectivity index (χ0n) is 12.0. The highest BCUT2D eigenvalue weighted by Gasteiger charge is 2.08. The minimum absolute atomic E-state index is 0.437. The summed E-state index contributed by atoms with van der Waals surface area (Å²) in [4.78, 5) is 11.1. The lowest BCUT2D eigenvalue weighted by Gasteiger charge is -2.13. The Morgan fingerprint density at radius 1 is 1.10 bits per heavy atom. The molecule has 0 radical (unpaired) electrons. The smallest absolute Gasteiger partial charge is 0.153 e. The second-order valence-corrected chi connectivity index (χ2v) is 4.68. The quantitative estimate of drug-likeness (QED) is 0.777. The summed E-state index contributed by atoms with van der Waals surface area (Å²) in [6, 6.07) is 11.3. The number of hydrogen-bond donors (Lipinski definition) is 0. The van der Waals surface area contributed by atoms with Crippen LogP contribution in [-0.2, 0) is 6.61 Å². The van der Waals surface area contributed by atoms with Gasteiger partial charge in [-0.25, -0.2) is 0 Å². The lowest BCUT2D eigenvalue weighted by atomic mass is 10.0. The van der Waals surface area contributed by atoms with E-state index >= 15 is 0 Å². The molecule has 3 nitrogen and oxygen atoms in total. The van der Waals surface area contributed by atoms with Crippen molar-refractivity contribution in [3.63, 3.8) is 0 Å². The normalized spacial score (nSPS) is 10.2. The summed E-state index contributed by atoms with van der Waals surface area (Å²) in [5, 5.41) is 0. The van der Waals surface area contributed by atoms with E-state index in [-0.39, 0.29) is 0 Å². The molecule has 0 bridgehead atoms. The fourth-order valence-electron chi connectivity index (χ4n) is 2.09. The van der Waals surface area contributed by atoms with Crippen molar-refractivity contribution in [3.05, 3.63) is 58.7 Å². The average molecular weight is 270 g/mol. The van der Waals surface area contributed by atoms with Crippen molar-refractivity contribution in [2.24, 2.45) is 0 Å². The Hall–Kier alpha value is -2.29. The molecule has 0 aliphatic rings. The van der Waals surface area contributed by atoms with Gasteiger partial charge in [0.25, 0.3) is 0 Å². The van der Waals surface area contributed by atoms with Crippen LogP contribution in [0.3, 0.4) is 0 Å². The molecule has 0 unspecified atom stereocenters. The van der Waals surface area contributed by atoms with E-state index in [1.54, 1.807) is 25.3 Å². The summed E-state index contributed by atoms with van der Waals surface area (Å²) in [5.74, 6) is 1.22. The van der Waals surface area contributed by atoms with Crippen LogP contribution in [0.25, 0.3) is 0 Å². The van der Waals surface area contributed by atoms with Gasteiger partial charge in [-0.1, -0.05) is 18.2 Å². The minimum atomic E-state index is 0.437. The van der Waals surface area contributed by atoms with Gasteiger partial charge in [-0.05, 0) is 42.7 Å². The molecule has 3 heteroatoms. The maximum Gasteiger partial charge on any atom is 0.153 e. The van der Waals surface area contributed by atoms with Crippen molar-refractivity contribution >= 4 is 6.29 Å². The summed E-state index contributed by atoms with van der Waals surface area (Å²) < 4.78 is 11.0. The van der Waals surface area contributed by atoms with Gasteiger partial charge in [-0.2, -0.15) is 0 Å². The molecule has 2 aromatic rings. The maximum absolute atomic E-state index is 11.1. The van der Waals surface area contributed by atoms with E-state index < -0.39 is 0 Å². The Kier molecular flexibility index (Phi) is 4.41. The third-order valence-corrected chi connectivity index (χ3v) is 3.36. The summed E-state index contributed by atoms with van der Waals surface area (Å²) in [7, 11) is 1.59. The number of benzene rings is 2. The van der Waals surface area contributed by atoms with Gasteiger partial charge in [0, 0.05) is 6.07 Å². The van der Waals surface area contributed by atoms with Crippen molar-refractivity contribution in [1.29, 1.82) is 0 Å². The van der Waals surface area contributed by atoms with Gasteiger partial charge in [0.15, 0.2) is 6.29 Å². The van der Waals surface area contributed by atoms with Crippen molar-refractivity contribution in [3.8, 4) is 11.5 Å². The summed E-state index contributed by atoms with van der Waals surface area (Å²) >= 11 is 0. The Morgan fingerprint density at radius 3 is 2.40 bits per heavy atom. The molecule has 0 spiro atoms. The number of carbonyl (C=O) groups excluding carboxylic acids is 1. The van der Waals surface area contributed by atoms with Crippen LogP contribution in [0.15, 0.2) is 36.4 Å². The van der Waals surface area contributed by atoms with Crippen LogP contribution in [0.1, 0.15) is 27.0 Å². The van der Waals surface area contributed by atoms with Gasteiger partial charge in [-0.15, -0.1) is 0 Å². The number of aryl methyl sites for hydroxylation is 2. The lowest BCUT2D eigenvalue weighted by Crippen LogP contribution is -2.02. The molecule has 104 valence electrons. The largest absolute Gasteiger partial charge is 0.497 e. The molecule has 0 atom stereocenters. The molecule has 0 saturated heterocycles. The first-order chi connectivity index (χ1) is 9.65. The molecule has 2 aromatic carbocycles. The lowest BCUT2D eigenvalue weighted by molar-refractivity contribution is 0.111. The van der Waals surface area contributed by atoms with E-state index in [2.05, 4.69) is 26.0 Å². The van der Waals surface area contributed by atoms with Crippen molar-refractivity contribution in [2.75, 3.05) is 7.11 Å². The minimum Gasteiger partial charge on any atom is -0.497 e. The SMILES string of the molecule is COc1ccc(C=O)c(OCc2c(C)cccc2C)c1. The number of rotatable bonds is 5. The van der Waals surface area contributed by atoms with Crippen LogP contribution in [0, 0.1) is 13.8 Å². The Balaban J connectivity index is 2.24. The number of methoxy groups -OCH3 is 1. The fraction of sp³-hybridized carbons (Fsp3) is 0.235. The van der Waals surface area contributed by atoms with E-state index in [4.69, 9.17) is 9.47 Å². The Morgan fingerprint density at radius 2 is 1.80 bits per heavy atom.